The molecule has 0 aliphatic carbocycles. The molecule has 1 rings (SSSR count). The van der Waals surface area contributed by atoms with E-state index in [9.17, 15) is 4.79 Å². The summed E-state index contributed by atoms with van der Waals surface area (Å²) in [7, 11) is 0. The standard InChI is InChI=1S/C13H25NO3/c1-6-12(4,5)14-10-17-16-9-13(7-2,8-3)11(14)15/h6-10H2,1-5H3. The van der Waals surface area contributed by atoms with Crippen molar-refractivity contribution in [3.05, 3.63) is 0 Å². The van der Waals surface area contributed by atoms with Gasteiger partial charge in [0.05, 0.1) is 12.0 Å². The summed E-state index contributed by atoms with van der Waals surface area (Å²) in [6.45, 7) is 10.9. The molecule has 0 spiro atoms. The van der Waals surface area contributed by atoms with Crippen LogP contribution in [0.5, 0.6) is 0 Å². The van der Waals surface area contributed by atoms with Gasteiger partial charge in [0, 0.05) is 5.54 Å². The first-order chi connectivity index (χ1) is 7.93. The topological polar surface area (TPSA) is 38.8 Å². The Morgan fingerprint density at radius 2 is 1.82 bits per heavy atom. The van der Waals surface area contributed by atoms with Crippen molar-refractivity contribution in [2.45, 2.75) is 59.4 Å². The Morgan fingerprint density at radius 3 is 2.29 bits per heavy atom. The Morgan fingerprint density at radius 1 is 1.24 bits per heavy atom. The molecule has 1 fully saturated rings. The van der Waals surface area contributed by atoms with Gasteiger partial charge in [-0.25, -0.2) is 9.78 Å². The highest BCUT2D eigenvalue weighted by Gasteiger charge is 2.44. The average molecular weight is 243 g/mol. The zero-order chi connectivity index (χ0) is 13.1. The van der Waals surface area contributed by atoms with E-state index in [0.717, 1.165) is 19.3 Å². The number of carbonyl (C=O) groups excluding carboxylic acids is 1. The summed E-state index contributed by atoms with van der Waals surface area (Å²) in [5.41, 5.74) is -0.622. The molecule has 17 heavy (non-hydrogen) atoms. The maximum atomic E-state index is 12.7. The molecule has 4 heteroatoms. The fourth-order valence-corrected chi connectivity index (χ4v) is 2.05. The lowest BCUT2D eigenvalue weighted by molar-refractivity contribution is -0.314. The summed E-state index contributed by atoms with van der Waals surface area (Å²) in [4.78, 5) is 24.8. The molecule has 4 nitrogen and oxygen atoms in total. The van der Waals surface area contributed by atoms with Gasteiger partial charge in [-0.1, -0.05) is 20.8 Å². The predicted molar refractivity (Wildman–Crippen MR) is 66.1 cm³/mol. The average Bonchev–Trinajstić information content (AvgIpc) is 2.49. The van der Waals surface area contributed by atoms with Crippen LogP contribution in [0.25, 0.3) is 0 Å². The fraction of sp³-hybridized carbons (Fsp3) is 0.923. The van der Waals surface area contributed by atoms with Crippen LogP contribution in [0.3, 0.4) is 0 Å². The van der Waals surface area contributed by atoms with E-state index >= 15 is 0 Å². The fourth-order valence-electron chi connectivity index (χ4n) is 2.05. The van der Waals surface area contributed by atoms with Crippen LogP contribution in [0.15, 0.2) is 0 Å². The third-order valence-electron chi connectivity index (χ3n) is 4.25. The number of nitrogens with zero attached hydrogens (tertiary/aromatic N) is 1. The minimum absolute atomic E-state index is 0.159. The molecule has 0 radical (unpaired) electrons. The lowest BCUT2D eigenvalue weighted by Gasteiger charge is -2.40. The zero-order valence-corrected chi connectivity index (χ0v) is 11.7. The van der Waals surface area contributed by atoms with Crippen molar-refractivity contribution < 1.29 is 14.6 Å². The third kappa shape index (κ3) is 2.63. The quantitative estimate of drug-likeness (QED) is 0.713. The van der Waals surface area contributed by atoms with E-state index in [4.69, 9.17) is 9.78 Å². The molecule has 1 heterocycles. The van der Waals surface area contributed by atoms with Crippen LogP contribution in [-0.4, -0.2) is 29.7 Å². The first-order valence-electron chi connectivity index (χ1n) is 6.50. The molecule has 0 aromatic carbocycles. The van der Waals surface area contributed by atoms with Crippen molar-refractivity contribution in [1.29, 1.82) is 0 Å². The molecular formula is C13H25NO3. The van der Waals surface area contributed by atoms with Crippen molar-refractivity contribution in [2.24, 2.45) is 5.41 Å². The number of rotatable bonds is 4. The number of hydrogen-bond acceptors (Lipinski definition) is 3. The first kappa shape index (κ1) is 14.5. The Balaban J connectivity index is 3.03. The van der Waals surface area contributed by atoms with Crippen LogP contribution in [0.4, 0.5) is 0 Å². The summed E-state index contributed by atoms with van der Waals surface area (Å²) < 4.78 is 0. The summed E-state index contributed by atoms with van der Waals surface area (Å²) >= 11 is 0. The third-order valence-corrected chi connectivity index (χ3v) is 4.25. The summed E-state index contributed by atoms with van der Waals surface area (Å²) in [6.07, 6.45) is 2.45. The van der Waals surface area contributed by atoms with Gasteiger partial charge in [-0.15, -0.1) is 0 Å². The van der Waals surface area contributed by atoms with Gasteiger partial charge in [0.2, 0.25) is 5.91 Å². The molecule has 1 aliphatic heterocycles. The van der Waals surface area contributed by atoms with E-state index < -0.39 is 5.41 Å². The van der Waals surface area contributed by atoms with Crippen molar-refractivity contribution in [1.82, 2.24) is 4.90 Å². The van der Waals surface area contributed by atoms with Crippen molar-refractivity contribution in [2.75, 3.05) is 13.3 Å². The van der Waals surface area contributed by atoms with Gasteiger partial charge in [0.25, 0.3) is 0 Å². The van der Waals surface area contributed by atoms with Crippen LogP contribution < -0.4 is 0 Å². The molecule has 0 saturated carbocycles. The van der Waals surface area contributed by atoms with E-state index in [1.165, 1.54) is 0 Å². The van der Waals surface area contributed by atoms with Gasteiger partial charge in [-0.05, 0) is 33.1 Å². The number of hydrogen-bond donors (Lipinski definition) is 0. The Bertz CT molecular complexity index is 272. The second-order valence-corrected chi connectivity index (χ2v) is 5.40. The molecule has 0 unspecified atom stereocenters. The smallest absolute Gasteiger partial charge is 0.233 e. The molecular weight excluding hydrogens is 218 g/mol. The Labute approximate surface area is 104 Å². The minimum atomic E-state index is -0.428. The molecule has 0 N–H and O–H groups in total. The van der Waals surface area contributed by atoms with Crippen molar-refractivity contribution >= 4 is 5.91 Å². The van der Waals surface area contributed by atoms with Crippen molar-refractivity contribution in [3.8, 4) is 0 Å². The van der Waals surface area contributed by atoms with Crippen LogP contribution in [0, 0.1) is 5.41 Å². The molecule has 0 atom stereocenters. The van der Waals surface area contributed by atoms with Crippen LogP contribution in [0.2, 0.25) is 0 Å². The van der Waals surface area contributed by atoms with Gasteiger partial charge in [0.1, 0.15) is 0 Å². The van der Waals surface area contributed by atoms with E-state index in [2.05, 4.69) is 20.8 Å². The largest absolute Gasteiger partial charge is 0.311 e. The molecule has 0 aromatic rings. The van der Waals surface area contributed by atoms with E-state index in [0.29, 0.717) is 6.61 Å². The van der Waals surface area contributed by atoms with Gasteiger partial charge in [0.15, 0.2) is 6.73 Å². The predicted octanol–water partition coefficient (Wildman–Crippen LogP) is 2.73. The molecule has 1 aliphatic rings. The van der Waals surface area contributed by atoms with Crippen LogP contribution >= 0.6 is 0 Å². The van der Waals surface area contributed by atoms with Gasteiger partial charge >= 0.3 is 0 Å². The number of amides is 1. The highest BCUT2D eigenvalue weighted by Crippen LogP contribution is 2.35. The van der Waals surface area contributed by atoms with Gasteiger partial charge in [-0.2, -0.15) is 0 Å². The molecule has 1 saturated heterocycles. The minimum Gasteiger partial charge on any atom is -0.311 e. The van der Waals surface area contributed by atoms with Crippen LogP contribution in [0.1, 0.15) is 53.9 Å². The van der Waals surface area contributed by atoms with E-state index in [-0.39, 0.29) is 18.2 Å². The number of carbonyl (C=O) groups is 1. The SMILES string of the molecule is CCC1(CC)COOCN(C(C)(C)CC)C1=O. The zero-order valence-electron chi connectivity index (χ0n) is 11.7. The second-order valence-electron chi connectivity index (χ2n) is 5.40. The van der Waals surface area contributed by atoms with Gasteiger partial charge < -0.3 is 4.90 Å². The summed E-state index contributed by atoms with van der Waals surface area (Å²) in [5, 5.41) is 0. The van der Waals surface area contributed by atoms with Crippen LogP contribution in [-0.2, 0) is 14.6 Å². The molecule has 1 amide bonds. The highest BCUT2D eigenvalue weighted by atomic mass is 17.2. The lowest BCUT2D eigenvalue weighted by atomic mass is 9.80. The monoisotopic (exact) mass is 243 g/mol. The molecule has 0 aromatic heterocycles. The second kappa shape index (κ2) is 5.36. The van der Waals surface area contributed by atoms with E-state index in [1.54, 1.807) is 0 Å². The summed E-state index contributed by atoms with van der Waals surface area (Å²) in [6, 6.07) is 0. The Hall–Kier alpha value is -0.610. The maximum absolute atomic E-state index is 12.7. The van der Waals surface area contributed by atoms with Crippen molar-refractivity contribution in [3.63, 3.8) is 0 Å². The Kier molecular flexibility index (Phi) is 4.55. The van der Waals surface area contributed by atoms with E-state index in [1.807, 2.05) is 18.7 Å². The molecule has 0 bridgehead atoms. The normalized spacial score (nSPS) is 21.5. The first-order valence-corrected chi connectivity index (χ1v) is 6.50. The maximum Gasteiger partial charge on any atom is 0.233 e. The molecule has 100 valence electrons. The highest BCUT2D eigenvalue weighted by molar-refractivity contribution is 5.83. The van der Waals surface area contributed by atoms with Gasteiger partial charge in [-0.3, -0.25) is 4.79 Å². The summed E-state index contributed by atoms with van der Waals surface area (Å²) in [5.74, 6) is 0.159. The lowest BCUT2D eigenvalue weighted by Crippen LogP contribution is -2.53.